The molecule has 8 nitrogen and oxygen atoms in total. The molecule has 0 bridgehead atoms. The molecular formula is C75H136N2O6P+. The maximum absolute atomic E-state index is 13.0. The topological polar surface area (TPSA) is 105 Å². The molecule has 0 rings (SSSR count). The standard InChI is InChI=1S/C75H135N2O6P/c1-6-8-10-12-14-16-18-20-22-24-26-28-29-30-31-32-33-34-35-36-37-38-39-40-41-42-43-44-45-46-47-49-51-53-55-57-59-61-63-65-67-69-75(79)76-73(72-83-84(80,81)82-71-70-77(3,4)5)74(78)68-66-64-62-60-58-56-54-52-50-48-27-25-23-21-19-17-15-13-11-9-7-2/h8,10,14,16,20,22,26,28,30-31,33-34,36-37,39-40,66,68,73-74,78H,6-7,9,11-13,15,17-19,21,23-25,27,29,32,35,38,41-65,67,69-72H2,1-5H3,(H-,76,79,80,81)/p+1/b10-8-,16-14-,22-20-,28-26-,31-30-,34-33-,37-36-,40-39-,68-66+. The van der Waals surface area contributed by atoms with Gasteiger partial charge in [0, 0.05) is 6.42 Å². The molecular weight excluding hydrogens is 1060 g/mol. The molecule has 0 aromatic heterocycles. The van der Waals surface area contributed by atoms with E-state index in [1.807, 2.05) is 27.2 Å². The molecule has 0 aliphatic rings. The number of unbranched alkanes of at least 4 members (excludes halogenated alkanes) is 35. The average molecular weight is 1190 g/mol. The summed E-state index contributed by atoms with van der Waals surface area (Å²) in [6, 6.07) is -0.852. The third-order valence-corrected chi connectivity index (χ3v) is 16.5. The van der Waals surface area contributed by atoms with Crippen LogP contribution in [0.25, 0.3) is 0 Å². The first kappa shape index (κ1) is 81.2. The van der Waals surface area contributed by atoms with Gasteiger partial charge < -0.3 is 19.8 Å². The predicted molar refractivity (Wildman–Crippen MR) is 369 cm³/mol. The molecule has 84 heavy (non-hydrogen) atoms. The summed E-state index contributed by atoms with van der Waals surface area (Å²) >= 11 is 0. The van der Waals surface area contributed by atoms with Gasteiger partial charge >= 0.3 is 7.82 Å². The Morgan fingerprint density at radius 2 is 0.714 bits per heavy atom. The summed E-state index contributed by atoms with van der Waals surface area (Å²) in [5.74, 6) is -0.176. The SMILES string of the molecule is CC/C=C\C/C=C\C/C=C\C/C=C\C/C=C\C/C=C\C/C=C\C/C=C\CCCCCCCCCCCCCCCCCCC(=O)NC(COP(=O)(O)OCC[N+](C)(C)C)C(O)/C=C/CCCCCCCCCCCCCCCCCCCCC. The fraction of sp³-hybridized carbons (Fsp3) is 0.747. The number of carbonyl (C=O) groups is 1. The highest BCUT2D eigenvalue weighted by Crippen LogP contribution is 2.43. The normalized spacial score (nSPS) is 14.3. The molecule has 0 aliphatic carbocycles. The van der Waals surface area contributed by atoms with Crippen LogP contribution in [0.4, 0.5) is 0 Å². The molecule has 0 heterocycles. The van der Waals surface area contributed by atoms with Gasteiger partial charge in [-0.25, -0.2) is 4.57 Å². The van der Waals surface area contributed by atoms with Crippen molar-refractivity contribution < 1.29 is 32.9 Å². The molecule has 0 spiro atoms. The zero-order chi connectivity index (χ0) is 61.2. The van der Waals surface area contributed by atoms with Gasteiger partial charge in [0.2, 0.25) is 5.91 Å². The number of phosphoric acid groups is 1. The minimum atomic E-state index is -4.36. The van der Waals surface area contributed by atoms with E-state index in [1.54, 1.807) is 6.08 Å². The van der Waals surface area contributed by atoms with E-state index < -0.39 is 20.0 Å². The average Bonchev–Trinajstić information content (AvgIpc) is 3.56. The van der Waals surface area contributed by atoms with Crippen LogP contribution in [0, 0.1) is 0 Å². The van der Waals surface area contributed by atoms with Gasteiger partial charge in [-0.3, -0.25) is 13.8 Å². The number of carbonyl (C=O) groups excluding carboxylic acids is 1. The zero-order valence-corrected chi connectivity index (χ0v) is 56.5. The zero-order valence-electron chi connectivity index (χ0n) is 55.6. The van der Waals surface area contributed by atoms with E-state index in [-0.39, 0.29) is 19.1 Å². The summed E-state index contributed by atoms with van der Waals surface area (Å²) in [5, 5.41) is 14.0. The second-order valence-corrected chi connectivity index (χ2v) is 26.3. The molecule has 3 N–H and O–H groups in total. The van der Waals surface area contributed by atoms with Crippen LogP contribution in [-0.2, 0) is 18.4 Å². The molecule has 486 valence electrons. The van der Waals surface area contributed by atoms with Crippen LogP contribution in [0.3, 0.4) is 0 Å². The molecule has 0 saturated heterocycles. The van der Waals surface area contributed by atoms with Crippen LogP contribution in [-0.4, -0.2) is 73.4 Å². The molecule has 0 radical (unpaired) electrons. The van der Waals surface area contributed by atoms with E-state index in [2.05, 4.69) is 116 Å². The second-order valence-electron chi connectivity index (χ2n) is 24.9. The number of nitrogens with zero attached hydrogens (tertiary/aromatic N) is 1. The monoisotopic (exact) mass is 1190 g/mol. The number of phosphoric ester groups is 1. The summed E-state index contributed by atoms with van der Waals surface area (Å²) < 4.78 is 23.8. The lowest BCUT2D eigenvalue weighted by atomic mass is 10.0. The number of allylic oxidation sites excluding steroid dienone is 17. The molecule has 0 aromatic carbocycles. The Hall–Kier alpha value is -2.84. The highest BCUT2D eigenvalue weighted by atomic mass is 31.2. The number of likely N-dealkylation sites (N-methyl/N-ethyl adjacent to an activating group) is 1. The number of hydrogen-bond donors (Lipinski definition) is 3. The molecule has 0 aromatic rings. The van der Waals surface area contributed by atoms with Gasteiger partial charge in [-0.05, 0) is 83.5 Å². The maximum Gasteiger partial charge on any atom is 0.472 e. The van der Waals surface area contributed by atoms with Crippen molar-refractivity contribution in [1.82, 2.24) is 5.32 Å². The van der Waals surface area contributed by atoms with Crippen molar-refractivity contribution in [1.29, 1.82) is 0 Å². The third-order valence-electron chi connectivity index (χ3n) is 15.5. The van der Waals surface area contributed by atoms with Crippen molar-refractivity contribution in [3.05, 3.63) is 109 Å². The van der Waals surface area contributed by atoms with E-state index in [0.717, 1.165) is 89.9 Å². The highest BCUT2D eigenvalue weighted by Gasteiger charge is 2.28. The second kappa shape index (κ2) is 64.6. The first-order chi connectivity index (χ1) is 41.0. The van der Waals surface area contributed by atoms with Gasteiger partial charge in [0.05, 0.1) is 39.9 Å². The third kappa shape index (κ3) is 66.7. The minimum absolute atomic E-state index is 0.0593. The molecule has 3 unspecified atom stereocenters. The van der Waals surface area contributed by atoms with Crippen molar-refractivity contribution in [3.8, 4) is 0 Å². The number of aliphatic hydroxyl groups is 1. The Balaban J connectivity index is 4.03. The van der Waals surface area contributed by atoms with Crippen molar-refractivity contribution in [3.63, 3.8) is 0 Å². The minimum Gasteiger partial charge on any atom is -0.387 e. The largest absolute Gasteiger partial charge is 0.472 e. The highest BCUT2D eigenvalue weighted by molar-refractivity contribution is 7.47. The van der Waals surface area contributed by atoms with E-state index in [4.69, 9.17) is 9.05 Å². The molecule has 0 aliphatic heterocycles. The number of aliphatic hydroxyl groups excluding tert-OH is 1. The Kier molecular flexibility index (Phi) is 62.4. The summed E-state index contributed by atoms with van der Waals surface area (Å²) in [4.78, 5) is 23.4. The number of rotatable bonds is 64. The number of quaternary nitrogens is 1. The Morgan fingerprint density at radius 3 is 1.05 bits per heavy atom. The number of nitrogens with one attached hydrogen (secondary N) is 1. The van der Waals surface area contributed by atoms with Crippen LogP contribution in [0.2, 0.25) is 0 Å². The maximum atomic E-state index is 13.0. The predicted octanol–water partition coefficient (Wildman–Crippen LogP) is 22.7. The van der Waals surface area contributed by atoms with Gasteiger partial charge in [-0.2, -0.15) is 0 Å². The fourth-order valence-electron chi connectivity index (χ4n) is 10.1. The van der Waals surface area contributed by atoms with Crippen LogP contribution < -0.4 is 5.32 Å². The van der Waals surface area contributed by atoms with E-state index >= 15 is 0 Å². The lowest BCUT2D eigenvalue weighted by molar-refractivity contribution is -0.870. The van der Waals surface area contributed by atoms with Gasteiger partial charge in [0.1, 0.15) is 13.2 Å². The quantitative estimate of drug-likeness (QED) is 0.0243. The Morgan fingerprint density at radius 1 is 0.417 bits per heavy atom. The smallest absolute Gasteiger partial charge is 0.387 e. The first-order valence-electron chi connectivity index (χ1n) is 35.3. The van der Waals surface area contributed by atoms with Crippen LogP contribution >= 0.6 is 7.82 Å². The van der Waals surface area contributed by atoms with E-state index in [1.165, 1.54) is 199 Å². The van der Waals surface area contributed by atoms with Crippen LogP contribution in [0.15, 0.2) is 109 Å². The lowest BCUT2D eigenvalue weighted by Gasteiger charge is -2.25. The van der Waals surface area contributed by atoms with Crippen LogP contribution in [0.5, 0.6) is 0 Å². The summed E-state index contributed by atoms with van der Waals surface area (Å²) in [7, 11) is 1.57. The lowest BCUT2D eigenvalue weighted by Crippen LogP contribution is -2.45. The summed E-state index contributed by atoms with van der Waals surface area (Å²) in [6.07, 6.45) is 95.1. The van der Waals surface area contributed by atoms with E-state index in [9.17, 15) is 19.4 Å². The fourth-order valence-corrected chi connectivity index (χ4v) is 10.8. The molecule has 9 heteroatoms. The Bertz CT molecular complexity index is 1740. The Labute approximate surface area is 521 Å². The molecule has 3 atom stereocenters. The van der Waals surface area contributed by atoms with Gasteiger partial charge in [-0.15, -0.1) is 0 Å². The van der Waals surface area contributed by atoms with E-state index in [0.29, 0.717) is 17.4 Å². The van der Waals surface area contributed by atoms with Crippen molar-refractivity contribution in [2.75, 3.05) is 40.9 Å². The van der Waals surface area contributed by atoms with Crippen molar-refractivity contribution in [2.45, 2.75) is 321 Å². The van der Waals surface area contributed by atoms with Crippen molar-refractivity contribution >= 4 is 13.7 Å². The molecule has 0 fully saturated rings. The van der Waals surface area contributed by atoms with Gasteiger partial charge in [-0.1, -0.05) is 329 Å². The number of hydrogen-bond acceptors (Lipinski definition) is 5. The van der Waals surface area contributed by atoms with Crippen molar-refractivity contribution in [2.24, 2.45) is 0 Å². The number of amides is 1. The summed E-state index contributed by atoms with van der Waals surface area (Å²) in [6.45, 7) is 4.73. The van der Waals surface area contributed by atoms with Gasteiger partial charge in [0.25, 0.3) is 0 Å². The van der Waals surface area contributed by atoms with Crippen LogP contribution in [0.1, 0.15) is 309 Å². The molecule has 1 amide bonds. The molecule has 0 saturated carbocycles. The summed E-state index contributed by atoms with van der Waals surface area (Å²) in [5.41, 5.74) is 0. The first-order valence-corrected chi connectivity index (χ1v) is 36.8. The van der Waals surface area contributed by atoms with Gasteiger partial charge in [0.15, 0.2) is 0 Å².